The van der Waals surface area contributed by atoms with Gasteiger partial charge < -0.3 is 5.73 Å². The van der Waals surface area contributed by atoms with Crippen molar-refractivity contribution in [1.82, 2.24) is 0 Å². The van der Waals surface area contributed by atoms with Gasteiger partial charge in [-0.25, -0.2) is 0 Å². The highest BCUT2D eigenvalue weighted by atomic mass is 35.5. The molecular weight excluding hydrogens is 158 g/mol. The second-order valence-corrected chi connectivity index (χ2v) is 3.49. The van der Waals surface area contributed by atoms with Crippen LogP contribution in [0.4, 0.5) is 0 Å². The molecule has 2 heteroatoms. The fraction of sp³-hybridized carbons (Fsp3) is 0.333. The quantitative estimate of drug-likeness (QED) is 0.682. The summed E-state index contributed by atoms with van der Waals surface area (Å²) in [6.45, 7) is 0. The standard InChI is InChI=1S/C9H10ClN/c10-7-3-1-6(2-4-7)8-5-9(8)11/h1-4,8-9H,5,11H2/t8-,9+/m0/s1. The maximum absolute atomic E-state index is 5.74. The van der Waals surface area contributed by atoms with Crippen molar-refractivity contribution in [3.8, 4) is 0 Å². The molecule has 2 atom stereocenters. The van der Waals surface area contributed by atoms with Crippen molar-refractivity contribution in [2.45, 2.75) is 18.4 Å². The predicted molar refractivity (Wildman–Crippen MR) is 46.8 cm³/mol. The van der Waals surface area contributed by atoms with Gasteiger partial charge >= 0.3 is 0 Å². The van der Waals surface area contributed by atoms with Gasteiger partial charge in [-0.05, 0) is 24.1 Å². The lowest BCUT2D eigenvalue weighted by Crippen LogP contribution is -2.00. The van der Waals surface area contributed by atoms with Crippen LogP contribution in [0.3, 0.4) is 0 Å². The zero-order valence-electron chi connectivity index (χ0n) is 6.13. The van der Waals surface area contributed by atoms with Crippen LogP contribution in [0.15, 0.2) is 24.3 Å². The van der Waals surface area contributed by atoms with E-state index in [1.165, 1.54) is 5.56 Å². The summed E-state index contributed by atoms with van der Waals surface area (Å²) in [5.74, 6) is 0.590. The average molecular weight is 168 g/mol. The minimum Gasteiger partial charge on any atom is -0.327 e. The molecule has 2 N–H and O–H groups in total. The summed E-state index contributed by atoms with van der Waals surface area (Å²) in [7, 11) is 0. The van der Waals surface area contributed by atoms with Crippen molar-refractivity contribution in [3.63, 3.8) is 0 Å². The van der Waals surface area contributed by atoms with Gasteiger partial charge in [0.1, 0.15) is 0 Å². The van der Waals surface area contributed by atoms with Gasteiger partial charge in [-0.1, -0.05) is 23.7 Å². The lowest BCUT2D eigenvalue weighted by molar-refractivity contribution is 0.991. The Morgan fingerprint density at radius 2 is 1.82 bits per heavy atom. The zero-order chi connectivity index (χ0) is 7.84. The van der Waals surface area contributed by atoms with E-state index in [1.807, 2.05) is 12.1 Å². The summed E-state index contributed by atoms with van der Waals surface area (Å²) in [6, 6.07) is 8.33. The summed E-state index contributed by atoms with van der Waals surface area (Å²) in [6.07, 6.45) is 1.13. The van der Waals surface area contributed by atoms with Gasteiger partial charge in [-0.15, -0.1) is 0 Å². The second kappa shape index (κ2) is 2.50. The molecule has 1 fully saturated rings. The van der Waals surface area contributed by atoms with Gasteiger partial charge in [0.05, 0.1) is 0 Å². The maximum Gasteiger partial charge on any atom is 0.0406 e. The molecule has 1 aromatic rings. The van der Waals surface area contributed by atoms with Crippen LogP contribution < -0.4 is 5.73 Å². The molecule has 1 saturated carbocycles. The van der Waals surface area contributed by atoms with Gasteiger partial charge in [-0.2, -0.15) is 0 Å². The number of nitrogens with two attached hydrogens (primary N) is 1. The van der Waals surface area contributed by atoms with Crippen molar-refractivity contribution < 1.29 is 0 Å². The molecule has 0 aromatic heterocycles. The Hall–Kier alpha value is -0.530. The molecule has 0 radical (unpaired) electrons. The van der Waals surface area contributed by atoms with E-state index in [4.69, 9.17) is 17.3 Å². The highest BCUT2D eigenvalue weighted by Gasteiger charge is 2.34. The first-order valence-electron chi connectivity index (χ1n) is 3.78. The molecule has 1 aliphatic rings. The average Bonchev–Trinajstić information content (AvgIpc) is 2.69. The largest absolute Gasteiger partial charge is 0.327 e. The molecule has 0 spiro atoms. The third kappa shape index (κ3) is 1.39. The Balaban J connectivity index is 2.21. The summed E-state index contributed by atoms with van der Waals surface area (Å²) in [4.78, 5) is 0. The van der Waals surface area contributed by atoms with E-state index in [0.29, 0.717) is 12.0 Å². The molecular formula is C9H10ClN. The Morgan fingerprint density at radius 3 is 2.27 bits per heavy atom. The van der Waals surface area contributed by atoms with Crippen LogP contribution in [0.1, 0.15) is 17.9 Å². The molecule has 1 nitrogen and oxygen atoms in total. The van der Waals surface area contributed by atoms with E-state index >= 15 is 0 Å². The predicted octanol–water partition coefficient (Wildman–Crippen LogP) is 2.15. The summed E-state index contributed by atoms with van der Waals surface area (Å²) >= 11 is 5.74. The van der Waals surface area contributed by atoms with Gasteiger partial charge in [0.15, 0.2) is 0 Å². The first-order chi connectivity index (χ1) is 5.27. The summed E-state index contributed by atoms with van der Waals surface area (Å²) in [5.41, 5.74) is 7.02. The lowest BCUT2D eigenvalue weighted by Gasteiger charge is -1.96. The second-order valence-electron chi connectivity index (χ2n) is 3.06. The topological polar surface area (TPSA) is 26.0 Å². The molecule has 58 valence electrons. The van der Waals surface area contributed by atoms with Crippen LogP contribution >= 0.6 is 11.6 Å². The number of benzene rings is 1. The molecule has 1 aromatic carbocycles. The Kier molecular flexibility index (Phi) is 1.63. The van der Waals surface area contributed by atoms with Crippen molar-refractivity contribution in [3.05, 3.63) is 34.9 Å². The normalized spacial score (nSPS) is 28.5. The monoisotopic (exact) mass is 167 g/mol. The first kappa shape index (κ1) is 7.14. The van der Waals surface area contributed by atoms with E-state index < -0.39 is 0 Å². The molecule has 2 rings (SSSR count). The highest BCUT2D eigenvalue weighted by Crippen LogP contribution is 2.38. The van der Waals surface area contributed by atoms with Crippen LogP contribution in [-0.4, -0.2) is 6.04 Å². The van der Waals surface area contributed by atoms with Crippen LogP contribution in [-0.2, 0) is 0 Å². The van der Waals surface area contributed by atoms with E-state index in [-0.39, 0.29) is 0 Å². The van der Waals surface area contributed by atoms with Gasteiger partial charge in [0.25, 0.3) is 0 Å². The molecule has 0 saturated heterocycles. The van der Waals surface area contributed by atoms with Crippen molar-refractivity contribution >= 4 is 11.6 Å². The molecule has 11 heavy (non-hydrogen) atoms. The maximum atomic E-state index is 5.74. The van der Waals surface area contributed by atoms with Crippen LogP contribution in [0.25, 0.3) is 0 Å². The number of hydrogen-bond donors (Lipinski definition) is 1. The molecule has 0 aliphatic heterocycles. The lowest BCUT2D eigenvalue weighted by atomic mass is 10.1. The van der Waals surface area contributed by atoms with Gasteiger partial charge in [0.2, 0.25) is 0 Å². The molecule has 1 aliphatic carbocycles. The number of rotatable bonds is 1. The van der Waals surface area contributed by atoms with Crippen LogP contribution in [0.2, 0.25) is 5.02 Å². The fourth-order valence-electron chi connectivity index (χ4n) is 1.31. The van der Waals surface area contributed by atoms with Crippen LogP contribution in [0.5, 0.6) is 0 Å². The third-order valence-electron chi connectivity index (χ3n) is 2.14. The highest BCUT2D eigenvalue weighted by molar-refractivity contribution is 6.30. The Morgan fingerprint density at radius 1 is 1.27 bits per heavy atom. The minimum absolute atomic E-state index is 0.385. The fourth-order valence-corrected chi connectivity index (χ4v) is 1.43. The van der Waals surface area contributed by atoms with E-state index in [0.717, 1.165) is 11.4 Å². The Bertz CT molecular complexity index is 255. The smallest absolute Gasteiger partial charge is 0.0406 e. The molecule has 0 heterocycles. The Labute approximate surface area is 71.2 Å². The summed E-state index contributed by atoms with van der Waals surface area (Å²) < 4.78 is 0. The number of halogens is 1. The van der Waals surface area contributed by atoms with E-state index in [2.05, 4.69) is 12.1 Å². The first-order valence-corrected chi connectivity index (χ1v) is 4.16. The van der Waals surface area contributed by atoms with Crippen LogP contribution in [0, 0.1) is 0 Å². The van der Waals surface area contributed by atoms with E-state index in [1.54, 1.807) is 0 Å². The molecule has 0 amide bonds. The molecule has 0 bridgehead atoms. The van der Waals surface area contributed by atoms with Crippen molar-refractivity contribution in [2.24, 2.45) is 5.73 Å². The van der Waals surface area contributed by atoms with Crippen molar-refractivity contribution in [1.29, 1.82) is 0 Å². The third-order valence-corrected chi connectivity index (χ3v) is 2.39. The summed E-state index contributed by atoms with van der Waals surface area (Å²) in [5, 5.41) is 0.794. The van der Waals surface area contributed by atoms with Gasteiger partial charge in [-0.3, -0.25) is 0 Å². The van der Waals surface area contributed by atoms with Crippen molar-refractivity contribution in [2.75, 3.05) is 0 Å². The van der Waals surface area contributed by atoms with Gasteiger partial charge in [0, 0.05) is 17.0 Å². The number of hydrogen-bond acceptors (Lipinski definition) is 1. The molecule has 0 unspecified atom stereocenters. The zero-order valence-corrected chi connectivity index (χ0v) is 6.88. The van der Waals surface area contributed by atoms with E-state index in [9.17, 15) is 0 Å². The SMILES string of the molecule is N[C@@H]1C[C@H]1c1ccc(Cl)cc1. The minimum atomic E-state index is 0.385.